The minimum Gasteiger partial charge on any atom is -0.503 e. The molecule has 2 N–H and O–H groups in total. The molecule has 10 heteroatoms. The van der Waals surface area contributed by atoms with Gasteiger partial charge >= 0.3 is 6.18 Å². The van der Waals surface area contributed by atoms with E-state index >= 15 is 0 Å². The molecule has 1 amide bonds. The van der Waals surface area contributed by atoms with E-state index in [2.05, 4.69) is 10.4 Å². The molecule has 1 aliphatic rings. The van der Waals surface area contributed by atoms with E-state index in [1.807, 2.05) is 0 Å². The number of nitrogens with zero attached hydrogens (tertiary/aromatic N) is 2. The molecule has 3 aromatic rings. The predicted octanol–water partition coefficient (Wildman–Crippen LogP) is 4.42. The van der Waals surface area contributed by atoms with Crippen LogP contribution in [0.15, 0.2) is 59.5 Å². The van der Waals surface area contributed by atoms with E-state index in [9.17, 15) is 27.9 Å². The van der Waals surface area contributed by atoms with Crippen molar-refractivity contribution in [3.63, 3.8) is 0 Å². The Bertz CT molecular complexity index is 1310. The van der Waals surface area contributed by atoms with E-state index in [-0.39, 0.29) is 13.1 Å². The molecule has 1 aliphatic carbocycles. The standard InChI is InChI=1S/C26H26F3N3O4/c1-36-20-9-4-6-17(12-20)14-30-24(35)22-23(34)21(33)15-32(31-22)16-25(10-2-3-11-25)18-7-5-8-19(13-18)26(27,28)29/h4-9,12-13,15,33H,2-3,10-11,14,16H2,1H3,(H,30,35). The van der Waals surface area contributed by atoms with Crippen LogP contribution in [0.25, 0.3) is 0 Å². The van der Waals surface area contributed by atoms with Gasteiger partial charge in [0.25, 0.3) is 11.3 Å². The highest BCUT2D eigenvalue weighted by atomic mass is 19.4. The van der Waals surface area contributed by atoms with Gasteiger partial charge in [-0.2, -0.15) is 18.3 Å². The number of nitrogens with one attached hydrogen (secondary N) is 1. The molecule has 0 atom stereocenters. The smallest absolute Gasteiger partial charge is 0.416 e. The van der Waals surface area contributed by atoms with Crippen molar-refractivity contribution in [3.8, 4) is 11.5 Å². The Balaban J connectivity index is 1.61. The van der Waals surface area contributed by atoms with E-state index in [0.29, 0.717) is 24.2 Å². The topological polar surface area (TPSA) is 93.4 Å². The first-order valence-electron chi connectivity index (χ1n) is 11.5. The van der Waals surface area contributed by atoms with Crippen LogP contribution >= 0.6 is 0 Å². The van der Waals surface area contributed by atoms with Crippen molar-refractivity contribution in [1.82, 2.24) is 15.1 Å². The molecule has 1 heterocycles. The number of aromatic nitrogens is 2. The highest BCUT2D eigenvalue weighted by Crippen LogP contribution is 2.44. The molecular formula is C26H26F3N3O4. The maximum atomic E-state index is 13.3. The molecule has 0 spiro atoms. The number of alkyl halides is 3. The van der Waals surface area contributed by atoms with E-state index in [0.717, 1.165) is 36.7 Å². The summed E-state index contributed by atoms with van der Waals surface area (Å²) >= 11 is 0. The van der Waals surface area contributed by atoms with Gasteiger partial charge in [0, 0.05) is 12.0 Å². The number of amides is 1. The molecule has 1 aromatic heterocycles. The van der Waals surface area contributed by atoms with Gasteiger partial charge in [0.1, 0.15) is 5.75 Å². The quantitative estimate of drug-likeness (QED) is 0.500. The number of ether oxygens (including phenoxy) is 1. The average molecular weight is 502 g/mol. The SMILES string of the molecule is COc1cccc(CNC(=O)c2nn(CC3(c4cccc(C(F)(F)F)c4)CCCC3)cc(O)c2=O)c1. The zero-order valence-electron chi connectivity index (χ0n) is 19.6. The summed E-state index contributed by atoms with van der Waals surface area (Å²) < 4.78 is 46.5. The Morgan fingerprint density at radius 1 is 1.17 bits per heavy atom. The molecule has 0 bridgehead atoms. The van der Waals surface area contributed by atoms with Gasteiger partial charge in [0.15, 0.2) is 11.4 Å². The van der Waals surface area contributed by atoms with Gasteiger partial charge in [-0.1, -0.05) is 43.2 Å². The number of carbonyl (C=O) groups excluding carboxylic acids is 1. The second-order valence-electron chi connectivity index (χ2n) is 8.99. The van der Waals surface area contributed by atoms with Crippen molar-refractivity contribution in [2.24, 2.45) is 0 Å². The van der Waals surface area contributed by atoms with Crippen LogP contribution in [-0.2, 0) is 24.7 Å². The number of methoxy groups -OCH3 is 1. The van der Waals surface area contributed by atoms with Gasteiger partial charge in [-0.25, -0.2) is 0 Å². The fourth-order valence-electron chi connectivity index (χ4n) is 4.73. The summed E-state index contributed by atoms with van der Waals surface area (Å²) in [6.45, 7) is 0.208. The summed E-state index contributed by atoms with van der Waals surface area (Å²) in [5.41, 5.74) is -1.58. The van der Waals surface area contributed by atoms with Crippen LogP contribution in [-0.4, -0.2) is 27.9 Å². The largest absolute Gasteiger partial charge is 0.503 e. The highest BCUT2D eigenvalue weighted by molar-refractivity contribution is 5.92. The molecule has 0 aliphatic heterocycles. The van der Waals surface area contributed by atoms with Crippen molar-refractivity contribution in [2.75, 3.05) is 7.11 Å². The normalized spacial score (nSPS) is 15.0. The number of benzene rings is 2. The van der Waals surface area contributed by atoms with Crippen LogP contribution in [0.1, 0.15) is 52.9 Å². The summed E-state index contributed by atoms with van der Waals surface area (Å²) in [4.78, 5) is 25.3. The molecule has 0 saturated heterocycles. The second kappa shape index (κ2) is 10.0. The lowest BCUT2D eigenvalue weighted by Gasteiger charge is -2.31. The first kappa shape index (κ1) is 25.3. The third-order valence-corrected chi connectivity index (χ3v) is 6.58. The molecule has 1 saturated carbocycles. The van der Waals surface area contributed by atoms with E-state index in [1.165, 1.54) is 17.9 Å². The van der Waals surface area contributed by atoms with Gasteiger partial charge in [-0.05, 0) is 42.2 Å². The van der Waals surface area contributed by atoms with Gasteiger partial charge in [-0.3, -0.25) is 14.3 Å². The summed E-state index contributed by atoms with van der Waals surface area (Å²) in [7, 11) is 1.52. The fraction of sp³-hybridized carbons (Fsp3) is 0.346. The zero-order valence-corrected chi connectivity index (χ0v) is 19.6. The maximum Gasteiger partial charge on any atom is 0.416 e. The molecule has 4 rings (SSSR count). The van der Waals surface area contributed by atoms with Crippen LogP contribution in [0.2, 0.25) is 0 Å². The van der Waals surface area contributed by atoms with Crippen LogP contribution in [0.3, 0.4) is 0 Å². The van der Waals surface area contributed by atoms with Crippen LogP contribution in [0, 0.1) is 0 Å². The third kappa shape index (κ3) is 5.37. The number of hydrogen-bond donors (Lipinski definition) is 2. The summed E-state index contributed by atoms with van der Waals surface area (Å²) in [5, 5.41) is 17.0. The van der Waals surface area contributed by atoms with Crippen molar-refractivity contribution < 1.29 is 27.8 Å². The zero-order chi connectivity index (χ0) is 25.9. The predicted molar refractivity (Wildman–Crippen MR) is 126 cm³/mol. The fourth-order valence-corrected chi connectivity index (χ4v) is 4.73. The lowest BCUT2D eigenvalue weighted by atomic mass is 9.78. The summed E-state index contributed by atoms with van der Waals surface area (Å²) in [5.74, 6) is -0.822. The first-order chi connectivity index (χ1) is 17.1. The molecule has 190 valence electrons. The Morgan fingerprint density at radius 2 is 1.89 bits per heavy atom. The number of aromatic hydroxyl groups is 1. The third-order valence-electron chi connectivity index (χ3n) is 6.58. The monoisotopic (exact) mass is 501 g/mol. The molecule has 0 unspecified atom stereocenters. The van der Waals surface area contributed by atoms with Crippen LogP contribution in [0.4, 0.5) is 13.2 Å². The molecular weight excluding hydrogens is 475 g/mol. The lowest BCUT2D eigenvalue weighted by Crippen LogP contribution is -2.34. The molecule has 1 fully saturated rings. The number of hydrogen-bond acceptors (Lipinski definition) is 5. The highest BCUT2D eigenvalue weighted by Gasteiger charge is 2.39. The Labute approximate surface area is 205 Å². The Kier molecular flexibility index (Phi) is 7.05. The van der Waals surface area contributed by atoms with Crippen molar-refractivity contribution in [2.45, 2.75) is 50.4 Å². The van der Waals surface area contributed by atoms with E-state index in [4.69, 9.17) is 4.74 Å². The molecule has 36 heavy (non-hydrogen) atoms. The molecule has 7 nitrogen and oxygen atoms in total. The maximum absolute atomic E-state index is 13.3. The second-order valence-corrected chi connectivity index (χ2v) is 8.99. The van der Waals surface area contributed by atoms with Gasteiger partial charge in [0.2, 0.25) is 0 Å². The van der Waals surface area contributed by atoms with Gasteiger partial charge in [-0.15, -0.1) is 0 Å². The van der Waals surface area contributed by atoms with Crippen LogP contribution < -0.4 is 15.5 Å². The Hall–Kier alpha value is -3.82. The van der Waals surface area contributed by atoms with Crippen molar-refractivity contribution in [1.29, 1.82) is 0 Å². The minimum atomic E-state index is -4.47. The van der Waals surface area contributed by atoms with Gasteiger partial charge in [0.05, 0.1) is 25.4 Å². The molecule has 0 radical (unpaired) electrons. The van der Waals surface area contributed by atoms with Crippen molar-refractivity contribution in [3.05, 3.63) is 87.3 Å². The summed E-state index contributed by atoms with van der Waals surface area (Å²) in [6.07, 6.45) is -0.500. The lowest BCUT2D eigenvalue weighted by molar-refractivity contribution is -0.137. The van der Waals surface area contributed by atoms with Gasteiger partial charge < -0.3 is 15.2 Å². The first-order valence-corrected chi connectivity index (χ1v) is 11.5. The average Bonchev–Trinajstić information content (AvgIpc) is 3.34. The van der Waals surface area contributed by atoms with E-state index in [1.54, 1.807) is 30.3 Å². The van der Waals surface area contributed by atoms with E-state index < -0.39 is 39.9 Å². The van der Waals surface area contributed by atoms with Crippen LogP contribution in [0.5, 0.6) is 11.5 Å². The molecule has 2 aromatic carbocycles. The number of rotatable bonds is 7. The summed E-state index contributed by atoms with van der Waals surface area (Å²) in [6, 6.07) is 12.2. The minimum absolute atomic E-state index is 0.0982. The number of halogens is 3. The number of carbonyl (C=O) groups is 1. The van der Waals surface area contributed by atoms with Crippen molar-refractivity contribution >= 4 is 5.91 Å². The Morgan fingerprint density at radius 3 is 2.58 bits per heavy atom.